The number of nitrogens with zero attached hydrogens (tertiary/aromatic N) is 2. The van der Waals surface area contributed by atoms with Crippen LogP contribution in [0.1, 0.15) is 26.7 Å². The summed E-state index contributed by atoms with van der Waals surface area (Å²) in [7, 11) is 1.42. The monoisotopic (exact) mass is 276 g/mol. The van der Waals surface area contributed by atoms with Crippen molar-refractivity contribution in [3.8, 4) is 0 Å². The SMILES string of the molecule is Cc1cc(NC(=O)c2ccc(=O)n(C)n2)c(C(=O)O)[nH]1. The molecule has 0 aliphatic rings. The number of aromatic nitrogens is 3. The number of carbonyl (C=O) groups is 2. The molecule has 0 atom stereocenters. The Kier molecular flexibility index (Phi) is 3.38. The van der Waals surface area contributed by atoms with E-state index < -0.39 is 11.9 Å². The third-order valence-corrected chi connectivity index (χ3v) is 2.61. The number of amides is 1. The summed E-state index contributed by atoms with van der Waals surface area (Å²) >= 11 is 0. The normalized spacial score (nSPS) is 10.3. The van der Waals surface area contributed by atoms with Gasteiger partial charge in [-0.3, -0.25) is 9.59 Å². The highest BCUT2D eigenvalue weighted by atomic mass is 16.4. The third kappa shape index (κ3) is 2.58. The first-order valence-electron chi connectivity index (χ1n) is 5.67. The van der Waals surface area contributed by atoms with Crippen molar-refractivity contribution in [2.45, 2.75) is 6.92 Å². The molecule has 2 heterocycles. The first kappa shape index (κ1) is 13.5. The Morgan fingerprint density at radius 1 is 1.40 bits per heavy atom. The van der Waals surface area contributed by atoms with Gasteiger partial charge in [-0.25, -0.2) is 9.48 Å². The number of rotatable bonds is 3. The first-order chi connectivity index (χ1) is 9.38. The Balaban J connectivity index is 2.30. The van der Waals surface area contributed by atoms with Gasteiger partial charge in [0.1, 0.15) is 11.4 Å². The summed E-state index contributed by atoms with van der Waals surface area (Å²) in [5.74, 6) is -1.77. The van der Waals surface area contributed by atoms with Crippen LogP contribution in [0.15, 0.2) is 23.0 Å². The van der Waals surface area contributed by atoms with Crippen LogP contribution in [0.4, 0.5) is 5.69 Å². The highest BCUT2D eigenvalue weighted by Crippen LogP contribution is 2.17. The maximum absolute atomic E-state index is 12.0. The molecule has 0 fully saturated rings. The van der Waals surface area contributed by atoms with Crippen LogP contribution < -0.4 is 10.9 Å². The molecule has 0 bridgehead atoms. The average molecular weight is 276 g/mol. The summed E-state index contributed by atoms with van der Waals surface area (Å²) in [6, 6.07) is 3.99. The van der Waals surface area contributed by atoms with Crippen molar-refractivity contribution in [2.75, 3.05) is 5.32 Å². The molecule has 104 valence electrons. The number of aromatic carboxylic acids is 1. The molecule has 1 amide bonds. The van der Waals surface area contributed by atoms with E-state index in [1.54, 1.807) is 6.92 Å². The zero-order valence-corrected chi connectivity index (χ0v) is 10.8. The van der Waals surface area contributed by atoms with E-state index in [0.29, 0.717) is 5.69 Å². The fourth-order valence-corrected chi connectivity index (χ4v) is 1.67. The fraction of sp³-hybridized carbons (Fsp3) is 0.167. The van der Waals surface area contributed by atoms with Gasteiger partial charge in [-0.2, -0.15) is 5.10 Å². The lowest BCUT2D eigenvalue weighted by atomic mass is 10.3. The Hall–Kier alpha value is -2.90. The highest BCUT2D eigenvalue weighted by Gasteiger charge is 2.17. The molecule has 2 rings (SSSR count). The molecule has 0 spiro atoms. The quantitative estimate of drug-likeness (QED) is 0.748. The summed E-state index contributed by atoms with van der Waals surface area (Å²) < 4.78 is 1.02. The van der Waals surface area contributed by atoms with Gasteiger partial charge in [0.25, 0.3) is 11.5 Å². The van der Waals surface area contributed by atoms with E-state index in [0.717, 1.165) is 4.68 Å². The summed E-state index contributed by atoms with van der Waals surface area (Å²) in [6.07, 6.45) is 0. The second-order valence-electron chi connectivity index (χ2n) is 4.18. The van der Waals surface area contributed by atoms with Crippen molar-refractivity contribution in [1.82, 2.24) is 14.8 Å². The van der Waals surface area contributed by atoms with Gasteiger partial charge in [0.05, 0.1) is 5.69 Å². The van der Waals surface area contributed by atoms with E-state index in [4.69, 9.17) is 5.11 Å². The van der Waals surface area contributed by atoms with Gasteiger partial charge in [0.2, 0.25) is 0 Å². The zero-order chi connectivity index (χ0) is 14.9. The predicted molar refractivity (Wildman–Crippen MR) is 69.9 cm³/mol. The second kappa shape index (κ2) is 5.00. The molecule has 0 saturated carbocycles. The first-order valence-corrected chi connectivity index (χ1v) is 5.67. The van der Waals surface area contributed by atoms with Crippen LogP contribution in [0.25, 0.3) is 0 Å². The fourth-order valence-electron chi connectivity index (χ4n) is 1.67. The van der Waals surface area contributed by atoms with Crippen molar-refractivity contribution in [1.29, 1.82) is 0 Å². The number of carbonyl (C=O) groups excluding carboxylic acids is 1. The third-order valence-electron chi connectivity index (χ3n) is 2.61. The van der Waals surface area contributed by atoms with Crippen LogP contribution in [0, 0.1) is 6.92 Å². The largest absolute Gasteiger partial charge is 0.477 e. The highest BCUT2D eigenvalue weighted by molar-refractivity contribution is 6.06. The van der Waals surface area contributed by atoms with E-state index in [2.05, 4.69) is 15.4 Å². The molecule has 20 heavy (non-hydrogen) atoms. The molecular weight excluding hydrogens is 264 g/mol. The lowest BCUT2D eigenvalue weighted by Crippen LogP contribution is -2.24. The number of carboxylic acid groups (broad SMARTS) is 1. The molecule has 0 aliphatic heterocycles. The Morgan fingerprint density at radius 2 is 2.10 bits per heavy atom. The molecule has 2 aromatic heterocycles. The molecule has 0 saturated heterocycles. The van der Waals surface area contributed by atoms with Crippen LogP contribution in [0.2, 0.25) is 0 Å². The van der Waals surface area contributed by atoms with E-state index in [1.165, 1.54) is 25.2 Å². The maximum atomic E-state index is 12.0. The minimum absolute atomic E-state index is 0.0160. The topological polar surface area (TPSA) is 117 Å². The number of anilines is 1. The number of aryl methyl sites for hydroxylation is 2. The number of hydrogen-bond acceptors (Lipinski definition) is 4. The van der Waals surface area contributed by atoms with Crippen molar-refractivity contribution >= 4 is 17.6 Å². The average Bonchev–Trinajstić information content (AvgIpc) is 2.73. The van der Waals surface area contributed by atoms with Gasteiger partial charge in [-0.1, -0.05) is 0 Å². The van der Waals surface area contributed by atoms with Crippen molar-refractivity contribution in [3.63, 3.8) is 0 Å². The summed E-state index contributed by atoms with van der Waals surface area (Å²) in [4.78, 5) is 36.8. The number of hydrogen-bond donors (Lipinski definition) is 3. The minimum Gasteiger partial charge on any atom is -0.477 e. The Bertz CT molecular complexity index is 744. The standard InChI is InChI=1S/C12H12N4O4/c1-6-5-8(10(13-6)12(19)20)14-11(18)7-3-4-9(17)16(2)15-7/h3-5,13H,1-2H3,(H,14,18)(H,19,20). The van der Waals surface area contributed by atoms with Gasteiger partial charge in [-0.05, 0) is 19.1 Å². The lowest BCUT2D eigenvalue weighted by Gasteiger charge is -2.04. The van der Waals surface area contributed by atoms with Gasteiger partial charge >= 0.3 is 5.97 Å². The van der Waals surface area contributed by atoms with E-state index in [-0.39, 0.29) is 22.6 Å². The molecule has 8 nitrogen and oxygen atoms in total. The summed E-state index contributed by atoms with van der Waals surface area (Å²) in [6.45, 7) is 1.67. The second-order valence-corrected chi connectivity index (χ2v) is 4.18. The number of nitrogens with one attached hydrogen (secondary N) is 2. The van der Waals surface area contributed by atoms with Crippen LogP contribution in [-0.4, -0.2) is 31.7 Å². The summed E-state index contributed by atoms with van der Waals surface area (Å²) in [5.41, 5.74) is 0.315. The smallest absolute Gasteiger partial charge is 0.354 e. The van der Waals surface area contributed by atoms with Crippen LogP contribution in [0.5, 0.6) is 0 Å². The molecule has 0 aliphatic carbocycles. The number of aromatic amines is 1. The van der Waals surface area contributed by atoms with Crippen LogP contribution in [-0.2, 0) is 7.05 Å². The molecule has 0 unspecified atom stereocenters. The molecule has 3 N–H and O–H groups in total. The van der Waals surface area contributed by atoms with Gasteiger partial charge in [0.15, 0.2) is 0 Å². The zero-order valence-electron chi connectivity index (χ0n) is 10.8. The predicted octanol–water partition coefficient (Wildman–Crippen LogP) is 0.367. The van der Waals surface area contributed by atoms with Gasteiger partial charge in [0, 0.05) is 18.8 Å². The van der Waals surface area contributed by atoms with E-state index in [1.807, 2.05) is 0 Å². The molecule has 0 aromatic carbocycles. The minimum atomic E-state index is -1.18. The Labute approximate surface area is 113 Å². The van der Waals surface area contributed by atoms with E-state index in [9.17, 15) is 14.4 Å². The van der Waals surface area contributed by atoms with Gasteiger partial charge in [-0.15, -0.1) is 0 Å². The van der Waals surface area contributed by atoms with Crippen LogP contribution in [0.3, 0.4) is 0 Å². The molecular formula is C12H12N4O4. The molecule has 2 aromatic rings. The van der Waals surface area contributed by atoms with Gasteiger partial charge < -0.3 is 15.4 Å². The van der Waals surface area contributed by atoms with Crippen molar-refractivity contribution in [2.24, 2.45) is 7.05 Å². The molecule has 8 heteroatoms. The molecule has 0 radical (unpaired) electrons. The lowest BCUT2D eigenvalue weighted by molar-refractivity contribution is 0.0692. The number of carboxylic acids is 1. The van der Waals surface area contributed by atoms with Crippen molar-refractivity contribution < 1.29 is 14.7 Å². The number of H-pyrrole nitrogens is 1. The summed E-state index contributed by atoms with van der Waals surface area (Å²) in [5, 5.41) is 15.2. The van der Waals surface area contributed by atoms with E-state index >= 15 is 0 Å². The Morgan fingerprint density at radius 3 is 2.70 bits per heavy atom. The van der Waals surface area contributed by atoms with Crippen LogP contribution >= 0.6 is 0 Å². The maximum Gasteiger partial charge on any atom is 0.354 e. The van der Waals surface area contributed by atoms with Crippen molar-refractivity contribution in [3.05, 3.63) is 45.6 Å².